The van der Waals surface area contributed by atoms with Crippen LogP contribution < -0.4 is 5.32 Å². The first-order chi connectivity index (χ1) is 13.8. The van der Waals surface area contributed by atoms with E-state index in [4.69, 9.17) is 11.6 Å². The van der Waals surface area contributed by atoms with Crippen LogP contribution in [0.4, 0.5) is 0 Å². The van der Waals surface area contributed by atoms with Gasteiger partial charge in [-0.25, -0.2) is 8.42 Å². The molecule has 2 amide bonds. The summed E-state index contributed by atoms with van der Waals surface area (Å²) in [6.07, 6.45) is 3.24. The molecule has 1 heterocycles. The average Bonchev–Trinajstić information content (AvgIpc) is 2.73. The summed E-state index contributed by atoms with van der Waals surface area (Å²) in [7, 11) is -3.73. The molecule has 0 atom stereocenters. The van der Waals surface area contributed by atoms with Crippen LogP contribution in [0.25, 0.3) is 0 Å². The van der Waals surface area contributed by atoms with Crippen LogP contribution in [-0.2, 0) is 21.2 Å². The summed E-state index contributed by atoms with van der Waals surface area (Å²) in [5.74, 6) is -1.21. The van der Waals surface area contributed by atoms with E-state index in [0.29, 0.717) is 10.6 Å². The number of likely N-dealkylation sites (tertiary alicyclic amines) is 1. The number of benzene rings is 2. The lowest BCUT2D eigenvalue weighted by Gasteiger charge is -2.26. The van der Waals surface area contributed by atoms with Crippen molar-refractivity contribution in [1.82, 2.24) is 10.2 Å². The Kier molecular flexibility index (Phi) is 6.92. The number of nitrogens with one attached hydrogen (secondary N) is 1. The Morgan fingerprint density at radius 3 is 2.17 bits per heavy atom. The highest BCUT2D eigenvalue weighted by Gasteiger charge is 2.20. The van der Waals surface area contributed by atoms with Gasteiger partial charge in [0.15, 0.2) is 9.84 Å². The molecule has 3 rings (SSSR count). The van der Waals surface area contributed by atoms with Crippen molar-refractivity contribution in [3.05, 3.63) is 64.7 Å². The van der Waals surface area contributed by atoms with E-state index in [2.05, 4.69) is 5.32 Å². The molecular weight excluding hydrogens is 412 g/mol. The van der Waals surface area contributed by atoms with Crippen molar-refractivity contribution >= 4 is 33.3 Å². The molecule has 154 valence electrons. The summed E-state index contributed by atoms with van der Waals surface area (Å²) in [5.41, 5.74) is 1.41. The molecular formula is C21H23ClN2O4S. The number of sulfone groups is 1. The van der Waals surface area contributed by atoms with Crippen molar-refractivity contribution in [2.45, 2.75) is 30.7 Å². The molecule has 1 fully saturated rings. The highest BCUT2D eigenvalue weighted by molar-refractivity contribution is 7.92. The van der Waals surface area contributed by atoms with Gasteiger partial charge < -0.3 is 10.2 Å². The molecule has 1 aliphatic rings. The second-order valence-corrected chi connectivity index (χ2v) is 9.47. The second kappa shape index (κ2) is 9.41. The van der Waals surface area contributed by atoms with Crippen molar-refractivity contribution in [1.29, 1.82) is 0 Å². The summed E-state index contributed by atoms with van der Waals surface area (Å²) in [5, 5.41) is 3.04. The van der Waals surface area contributed by atoms with Gasteiger partial charge in [-0.1, -0.05) is 23.7 Å². The molecule has 0 aromatic heterocycles. The number of nitrogens with zero attached hydrogens (tertiary/aromatic N) is 1. The zero-order valence-corrected chi connectivity index (χ0v) is 17.5. The predicted octanol–water partition coefficient (Wildman–Crippen LogP) is 3.06. The first-order valence-electron chi connectivity index (χ1n) is 9.48. The van der Waals surface area contributed by atoms with Crippen LogP contribution in [0.1, 0.15) is 35.2 Å². The third kappa shape index (κ3) is 5.81. The summed E-state index contributed by atoms with van der Waals surface area (Å²) < 4.78 is 24.6. The molecule has 1 N–H and O–H groups in total. The van der Waals surface area contributed by atoms with Crippen molar-refractivity contribution in [3.63, 3.8) is 0 Å². The standard InChI is InChI=1S/C21H23ClN2O4S/c22-18-8-10-19(11-9-18)29(27,28)15-20(25)23-14-16-4-6-17(7-5-16)21(26)24-12-2-1-3-13-24/h4-11H,1-3,12-15H2,(H,23,25). The molecule has 2 aromatic rings. The molecule has 1 aliphatic heterocycles. The zero-order chi connectivity index (χ0) is 20.9. The Balaban J connectivity index is 1.53. The van der Waals surface area contributed by atoms with Crippen LogP contribution in [0.15, 0.2) is 53.4 Å². The fourth-order valence-corrected chi connectivity index (χ4v) is 4.48. The first kappa shape index (κ1) is 21.3. The second-order valence-electron chi connectivity index (χ2n) is 7.04. The quantitative estimate of drug-likeness (QED) is 0.757. The summed E-state index contributed by atoms with van der Waals surface area (Å²) >= 11 is 5.76. The molecule has 6 nitrogen and oxygen atoms in total. The number of rotatable bonds is 6. The maximum Gasteiger partial charge on any atom is 0.253 e. The lowest BCUT2D eigenvalue weighted by Crippen LogP contribution is -2.35. The number of hydrogen-bond donors (Lipinski definition) is 1. The third-order valence-electron chi connectivity index (χ3n) is 4.83. The minimum Gasteiger partial charge on any atom is -0.351 e. The SMILES string of the molecule is O=C(CS(=O)(=O)c1ccc(Cl)cc1)NCc1ccc(C(=O)N2CCCCC2)cc1. The Morgan fingerprint density at radius 1 is 0.931 bits per heavy atom. The molecule has 1 saturated heterocycles. The number of hydrogen-bond acceptors (Lipinski definition) is 4. The lowest BCUT2D eigenvalue weighted by molar-refractivity contribution is -0.118. The van der Waals surface area contributed by atoms with Gasteiger partial charge in [0, 0.05) is 30.2 Å². The van der Waals surface area contributed by atoms with Gasteiger partial charge in [0.05, 0.1) is 4.90 Å². The van der Waals surface area contributed by atoms with E-state index in [1.165, 1.54) is 24.3 Å². The minimum atomic E-state index is -3.73. The summed E-state index contributed by atoms with van der Waals surface area (Å²) in [6, 6.07) is 12.7. The van der Waals surface area contributed by atoms with Gasteiger partial charge in [-0.2, -0.15) is 0 Å². The van der Waals surface area contributed by atoms with Crippen LogP contribution in [0.3, 0.4) is 0 Å². The zero-order valence-electron chi connectivity index (χ0n) is 15.9. The van der Waals surface area contributed by atoms with E-state index in [1.807, 2.05) is 4.90 Å². The van der Waals surface area contributed by atoms with Crippen molar-refractivity contribution in [2.75, 3.05) is 18.8 Å². The van der Waals surface area contributed by atoms with E-state index < -0.39 is 21.5 Å². The normalized spacial score (nSPS) is 14.4. The number of amides is 2. The fourth-order valence-electron chi connectivity index (χ4n) is 3.19. The molecule has 0 aliphatic carbocycles. The Labute approximate surface area is 175 Å². The molecule has 29 heavy (non-hydrogen) atoms. The molecule has 2 aromatic carbocycles. The van der Waals surface area contributed by atoms with Gasteiger partial charge in [0.2, 0.25) is 5.91 Å². The monoisotopic (exact) mass is 434 g/mol. The van der Waals surface area contributed by atoms with Crippen LogP contribution in [-0.4, -0.2) is 44.0 Å². The maximum absolute atomic E-state index is 12.5. The molecule has 0 radical (unpaired) electrons. The van der Waals surface area contributed by atoms with E-state index in [0.717, 1.165) is 37.9 Å². The van der Waals surface area contributed by atoms with Crippen LogP contribution in [0.5, 0.6) is 0 Å². The number of carbonyl (C=O) groups is 2. The van der Waals surface area contributed by atoms with Gasteiger partial charge in [0.1, 0.15) is 5.75 Å². The van der Waals surface area contributed by atoms with Crippen LogP contribution in [0, 0.1) is 0 Å². The minimum absolute atomic E-state index is 0.0225. The van der Waals surface area contributed by atoms with E-state index in [-0.39, 0.29) is 17.3 Å². The van der Waals surface area contributed by atoms with Gasteiger partial charge in [-0.15, -0.1) is 0 Å². The van der Waals surface area contributed by atoms with Gasteiger partial charge in [-0.3, -0.25) is 9.59 Å². The van der Waals surface area contributed by atoms with Crippen molar-refractivity contribution < 1.29 is 18.0 Å². The summed E-state index contributed by atoms with van der Waals surface area (Å²) in [6.45, 7) is 1.77. The molecule has 0 bridgehead atoms. The summed E-state index contributed by atoms with van der Waals surface area (Å²) in [4.78, 5) is 26.5. The molecule has 0 spiro atoms. The maximum atomic E-state index is 12.5. The average molecular weight is 435 g/mol. The van der Waals surface area contributed by atoms with Gasteiger partial charge >= 0.3 is 0 Å². The van der Waals surface area contributed by atoms with Crippen LogP contribution >= 0.6 is 11.6 Å². The third-order valence-corrected chi connectivity index (χ3v) is 6.71. The first-order valence-corrected chi connectivity index (χ1v) is 11.5. The van der Waals surface area contributed by atoms with E-state index in [1.54, 1.807) is 24.3 Å². The topological polar surface area (TPSA) is 83.5 Å². The molecule has 0 unspecified atom stereocenters. The van der Waals surface area contributed by atoms with E-state index >= 15 is 0 Å². The van der Waals surface area contributed by atoms with Crippen molar-refractivity contribution in [2.24, 2.45) is 0 Å². The van der Waals surface area contributed by atoms with Gasteiger partial charge in [0.25, 0.3) is 5.91 Å². The lowest BCUT2D eigenvalue weighted by atomic mass is 10.1. The Bertz CT molecular complexity index is 967. The molecule has 0 saturated carbocycles. The number of carbonyl (C=O) groups excluding carboxylic acids is 2. The highest BCUT2D eigenvalue weighted by atomic mass is 35.5. The highest BCUT2D eigenvalue weighted by Crippen LogP contribution is 2.16. The van der Waals surface area contributed by atoms with Gasteiger partial charge in [-0.05, 0) is 61.2 Å². The Morgan fingerprint density at radius 2 is 1.55 bits per heavy atom. The van der Waals surface area contributed by atoms with Crippen molar-refractivity contribution in [3.8, 4) is 0 Å². The largest absolute Gasteiger partial charge is 0.351 e. The van der Waals surface area contributed by atoms with E-state index in [9.17, 15) is 18.0 Å². The smallest absolute Gasteiger partial charge is 0.253 e. The predicted molar refractivity (Wildman–Crippen MR) is 112 cm³/mol. The molecule has 8 heteroatoms. The Hall–Kier alpha value is -2.38. The number of piperidine rings is 1. The number of halogens is 1. The van der Waals surface area contributed by atoms with Crippen LogP contribution in [0.2, 0.25) is 5.02 Å². The fraction of sp³-hybridized carbons (Fsp3) is 0.333.